The quantitative estimate of drug-likeness (QED) is 0.884. The molecule has 1 aromatic rings. The first kappa shape index (κ1) is 13.5. The van der Waals surface area contributed by atoms with Gasteiger partial charge >= 0.3 is 0 Å². The second-order valence-corrected chi connectivity index (χ2v) is 6.61. The van der Waals surface area contributed by atoms with Gasteiger partial charge in [0, 0.05) is 10.8 Å². The zero-order valence-electron chi connectivity index (χ0n) is 11.8. The Bertz CT molecular complexity index is 453. The highest BCUT2D eigenvalue weighted by molar-refractivity contribution is 8.14. The second-order valence-electron chi connectivity index (χ2n) is 5.18. The van der Waals surface area contributed by atoms with Crippen LogP contribution in [0.4, 0.5) is 0 Å². The molecule has 0 saturated carbocycles. The van der Waals surface area contributed by atoms with Crippen LogP contribution in [0.3, 0.4) is 0 Å². The monoisotopic (exact) mass is 266 g/mol. The molecule has 0 saturated heterocycles. The Balaban J connectivity index is 2.07. The van der Waals surface area contributed by atoms with Crippen molar-refractivity contribution in [1.29, 1.82) is 0 Å². The third-order valence-corrected chi connectivity index (χ3v) is 4.25. The standard InChI is InChI=1S/C14H22N2OS/c1-8-6-10(3)18-14(15-8)16-11(4)13-7-9(2)17-12(13)5/h7-8,10-11H,6H2,1-5H3,(H,15,16). The number of nitrogens with one attached hydrogen (secondary N) is 1. The summed E-state index contributed by atoms with van der Waals surface area (Å²) >= 11 is 1.83. The Labute approximate surface area is 113 Å². The molecule has 100 valence electrons. The summed E-state index contributed by atoms with van der Waals surface area (Å²) in [6.07, 6.45) is 1.16. The van der Waals surface area contributed by atoms with Gasteiger partial charge in [0.2, 0.25) is 0 Å². The van der Waals surface area contributed by atoms with Crippen molar-refractivity contribution in [3.63, 3.8) is 0 Å². The van der Waals surface area contributed by atoms with Gasteiger partial charge in [0.15, 0.2) is 5.17 Å². The smallest absolute Gasteiger partial charge is 0.157 e. The fraction of sp³-hybridized carbons (Fsp3) is 0.643. The number of hydrogen-bond acceptors (Lipinski definition) is 4. The van der Waals surface area contributed by atoms with Crippen molar-refractivity contribution in [2.45, 2.75) is 58.4 Å². The minimum atomic E-state index is 0.242. The lowest BCUT2D eigenvalue weighted by molar-refractivity contribution is 0.497. The Morgan fingerprint density at radius 1 is 1.44 bits per heavy atom. The van der Waals surface area contributed by atoms with Crippen molar-refractivity contribution >= 4 is 16.9 Å². The van der Waals surface area contributed by atoms with E-state index in [1.165, 1.54) is 5.56 Å². The molecule has 0 amide bonds. The summed E-state index contributed by atoms with van der Waals surface area (Å²) < 4.78 is 5.58. The molecule has 2 rings (SSSR count). The van der Waals surface area contributed by atoms with Gasteiger partial charge in [-0.25, -0.2) is 0 Å². The molecule has 0 fully saturated rings. The van der Waals surface area contributed by atoms with Crippen LogP contribution >= 0.6 is 11.8 Å². The third kappa shape index (κ3) is 3.10. The molecule has 3 nitrogen and oxygen atoms in total. The molecule has 3 unspecified atom stereocenters. The number of aryl methyl sites for hydroxylation is 2. The highest BCUT2D eigenvalue weighted by atomic mass is 32.2. The average molecular weight is 266 g/mol. The van der Waals surface area contributed by atoms with Gasteiger partial charge in [0.1, 0.15) is 11.5 Å². The first-order valence-electron chi connectivity index (χ1n) is 6.53. The summed E-state index contributed by atoms with van der Waals surface area (Å²) in [5, 5.41) is 5.20. The van der Waals surface area contributed by atoms with E-state index in [0.29, 0.717) is 11.3 Å². The molecule has 4 heteroatoms. The predicted molar refractivity (Wildman–Crippen MR) is 78.3 cm³/mol. The Hall–Kier alpha value is -0.900. The van der Waals surface area contributed by atoms with Crippen molar-refractivity contribution in [2.24, 2.45) is 4.99 Å². The molecule has 0 aliphatic carbocycles. The molecule has 3 atom stereocenters. The van der Waals surface area contributed by atoms with Crippen molar-refractivity contribution in [1.82, 2.24) is 5.32 Å². The number of nitrogens with zero attached hydrogens (tertiary/aromatic N) is 1. The van der Waals surface area contributed by atoms with E-state index in [4.69, 9.17) is 4.42 Å². The van der Waals surface area contributed by atoms with Crippen molar-refractivity contribution in [3.05, 3.63) is 23.2 Å². The van der Waals surface area contributed by atoms with Gasteiger partial charge in [-0.1, -0.05) is 18.7 Å². The molecule has 18 heavy (non-hydrogen) atoms. The Kier molecular flexibility index (Phi) is 4.05. The minimum Gasteiger partial charge on any atom is -0.466 e. The molecule has 1 aliphatic rings. The van der Waals surface area contributed by atoms with Crippen LogP contribution in [0.15, 0.2) is 15.5 Å². The van der Waals surface area contributed by atoms with Crippen LogP contribution in [-0.4, -0.2) is 16.5 Å². The molecular weight excluding hydrogens is 244 g/mol. The maximum Gasteiger partial charge on any atom is 0.157 e. The van der Waals surface area contributed by atoms with Gasteiger partial charge in [-0.05, 0) is 40.2 Å². The molecule has 1 aromatic heterocycles. The molecule has 0 bridgehead atoms. The largest absolute Gasteiger partial charge is 0.466 e. The SMILES string of the molecule is Cc1cc(C(C)NC2=NC(C)CC(C)S2)c(C)o1. The minimum absolute atomic E-state index is 0.242. The maximum atomic E-state index is 5.58. The molecule has 2 heterocycles. The van der Waals surface area contributed by atoms with Gasteiger partial charge < -0.3 is 9.73 Å². The molecule has 0 aromatic carbocycles. The van der Waals surface area contributed by atoms with Gasteiger partial charge in [-0.3, -0.25) is 4.99 Å². The first-order chi connectivity index (χ1) is 8.45. The lowest BCUT2D eigenvalue weighted by Crippen LogP contribution is -2.30. The highest BCUT2D eigenvalue weighted by Gasteiger charge is 2.21. The summed E-state index contributed by atoms with van der Waals surface area (Å²) in [4.78, 5) is 4.67. The van der Waals surface area contributed by atoms with Crippen LogP contribution in [0, 0.1) is 13.8 Å². The average Bonchev–Trinajstić information content (AvgIpc) is 2.56. The fourth-order valence-corrected chi connectivity index (χ4v) is 3.66. The van der Waals surface area contributed by atoms with E-state index < -0.39 is 0 Å². The third-order valence-electron chi connectivity index (χ3n) is 3.21. The van der Waals surface area contributed by atoms with E-state index in [2.05, 4.69) is 37.1 Å². The summed E-state index contributed by atoms with van der Waals surface area (Å²) in [7, 11) is 0. The van der Waals surface area contributed by atoms with Crippen LogP contribution in [-0.2, 0) is 0 Å². The maximum absolute atomic E-state index is 5.58. The number of amidine groups is 1. The molecular formula is C14H22N2OS. The van der Waals surface area contributed by atoms with E-state index in [1.54, 1.807) is 0 Å². The summed E-state index contributed by atoms with van der Waals surface area (Å²) in [5.74, 6) is 1.96. The van der Waals surface area contributed by atoms with Gasteiger partial charge in [0.05, 0.1) is 12.1 Å². The van der Waals surface area contributed by atoms with Crippen molar-refractivity contribution < 1.29 is 4.42 Å². The van der Waals surface area contributed by atoms with Crippen LogP contribution in [0.5, 0.6) is 0 Å². The summed E-state index contributed by atoms with van der Waals surface area (Å²) in [6.45, 7) is 10.6. The summed E-state index contributed by atoms with van der Waals surface area (Å²) in [5.41, 5.74) is 1.22. The summed E-state index contributed by atoms with van der Waals surface area (Å²) in [6, 6.07) is 2.77. The molecule has 0 spiro atoms. The predicted octanol–water partition coefficient (Wildman–Crippen LogP) is 3.82. The second kappa shape index (κ2) is 5.39. The van der Waals surface area contributed by atoms with Crippen LogP contribution in [0.25, 0.3) is 0 Å². The van der Waals surface area contributed by atoms with Crippen LogP contribution < -0.4 is 5.32 Å². The zero-order valence-corrected chi connectivity index (χ0v) is 12.6. The zero-order chi connectivity index (χ0) is 13.3. The van der Waals surface area contributed by atoms with E-state index >= 15 is 0 Å². The van der Waals surface area contributed by atoms with E-state index in [1.807, 2.05) is 25.6 Å². The Morgan fingerprint density at radius 3 is 2.72 bits per heavy atom. The lowest BCUT2D eigenvalue weighted by Gasteiger charge is -2.25. The molecule has 1 aliphatic heterocycles. The number of thioether (sulfide) groups is 1. The highest BCUT2D eigenvalue weighted by Crippen LogP contribution is 2.27. The van der Waals surface area contributed by atoms with Crippen molar-refractivity contribution in [2.75, 3.05) is 0 Å². The van der Waals surface area contributed by atoms with Gasteiger partial charge in [0.25, 0.3) is 0 Å². The Morgan fingerprint density at radius 2 is 2.17 bits per heavy atom. The lowest BCUT2D eigenvalue weighted by atomic mass is 10.1. The number of hydrogen-bond donors (Lipinski definition) is 1. The number of aliphatic imine (C=N–C) groups is 1. The topological polar surface area (TPSA) is 37.5 Å². The van der Waals surface area contributed by atoms with E-state index in [0.717, 1.165) is 23.1 Å². The molecule has 1 N–H and O–H groups in total. The van der Waals surface area contributed by atoms with E-state index in [-0.39, 0.29) is 6.04 Å². The normalized spacial score (nSPS) is 25.7. The fourth-order valence-electron chi connectivity index (χ4n) is 2.42. The van der Waals surface area contributed by atoms with Crippen molar-refractivity contribution in [3.8, 4) is 0 Å². The number of rotatable bonds is 2. The molecule has 0 radical (unpaired) electrons. The van der Waals surface area contributed by atoms with Crippen LogP contribution in [0.2, 0.25) is 0 Å². The number of furan rings is 1. The van der Waals surface area contributed by atoms with Crippen LogP contribution in [0.1, 0.15) is 50.3 Å². The van der Waals surface area contributed by atoms with Gasteiger partial charge in [-0.2, -0.15) is 0 Å². The van der Waals surface area contributed by atoms with Gasteiger partial charge in [-0.15, -0.1) is 0 Å². The first-order valence-corrected chi connectivity index (χ1v) is 7.41. The van der Waals surface area contributed by atoms with E-state index in [9.17, 15) is 0 Å².